The molecule has 128 valence electrons. The Kier molecular flexibility index (Phi) is 4.99. The summed E-state index contributed by atoms with van der Waals surface area (Å²) in [5, 5.41) is 7.70. The maximum atomic E-state index is 13.6. The Labute approximate surface area is 146 Å². The smallest absolute Gasteiger partial charge is 0.271 e. The van der Waals surface area contributed by atoms with Crippen molar-refractivity contribution in [2.24, 2.45) is 0 Å². The van der Waals surface area contributed by atoms with Gasteiger partial charge in [0.2, 0.25) is 0 Å². The molecular formula is C17H14F2N4OS. The van der Waals surface area contributed by atoms with Crippen molar-refractivity contribution >= 4 is 28.2 Å². The predicted molar refractivity (Wildman–Crippen MR) is 91.9 cm³/mol. The number of amides is 1. The highest BCUT2D eigenvalue weighted by Crippen LogP contribution is 2.20. The van der Waals surface area contributed by atoms with Crippen LogP contribution in [-0.2, 0) is 6.54 Å². The van der Waals surface area contributed by atoms with E-state index < -0.39 is 17.5 Å². The lowest BCUT2D eigenvalue weighted by Crippen LogP contribution is -2.23. The van der Waals surface area contributed by atoms with Crippen molar-refractivity contribution in [1.29, 1.82) is 0 Å². The highest BCUT2D eigenvalue weighted by Gasteiger charge is 2.12. The van der Waals surface area contributed by atoms with E-state index in [1.807, 2.05) is 19.1 Å². The van der Waals surface area contributed by atoms with Crippen LogP contribution in [0.4, 0.5) is 19.7 Å². The summed E-state index contributed by atoms with van der Waals surface area (Å²) in [6, 6.07) is 8.75. The van der Waals surface area contributed by atoms with Crippen LogP contribution in [0.1, 0.15) is 21.7 Å². The van der Waals surface area contributed by atoms with Gasteiger partial charge in [-0.05, 0) is 25.1 Å². The van der Waals surface area contributed by atoms with Crippen molar-refractivity contribution in [3.8, 4) is 0 Å². The van der Waals surface area contributed by atoms with Crippen molar-refractivity contribution in [2.75, 3.05) is 5.32 Å². The maximum Gasteiger partial charge on any atom is 0.271 e. The molecular weight excluding hydrogens is 346 g/mol. The van der Waals surface area contributed by atoms with Crippen LogP contribution >= 0.6 is 11.3 Å². The largest absolute Gasteiger partial charge is 0.346 e. The molecule has 1 aromatic carbocycles. The van der Waals surface area contributed by atoms with Crippen molar-refractivity contribution in [3.05, 3.63) is 70.4 Å². The first-order valence-corrected chi connectivity index (χ1v) is 8.27. The second-order valence-corrected chi connectivity index (χ2v) is 6.10. The van der Waals surface area contributed by atoms with Gasteiger partial charge in [-0.1, -0.05) is 12.1 Å². The number of anilines is 2. The Hall–Kier alpha value is -2.87. The molecule has 1 amide bonds. The summed E-state index contributed by atoms with van der Waals surface area (Å²) in [6.45, 7) is 1.82. The van der Waals surface area contributed by atoms with Gasteiger partial charge in [-0.2, -0.15) is 0 Å². The predicted octanol–water partition coefficient (Wildman–Crippen LogP) is 3.80. The number of carbonyl (C=O) groups excluding carboxylic acids is 1. The molecule has 0 fully saturated rings. The summed E-state index contributed by atoms with van der Waals surface area (Å²) in [4.78, 5) is 20.6. The van der Waals surface area contributed by atoms with Crippen molar-refractivity contribution in [2.45, 2.75) is 13.5 Å². The van der Waals surface area contributed by atoms with Gasteiger partial charge in [0.25, 0.3) is 5.91 Å². The lowest BCUT2D eigenvalue weighted by Gasteiger charge is -2.05. The van der Waals surface area contributed by atoms with Crippen LogP contribution in [0.25, 0.3) is 0 Å². The van der Waals surface area contributed by atoms with Gasteiger partial charge in [-0.15, -0.1) is 11.3 Å². The number of thiazole rings is 1. The minimum absolute atomic E-state index is 0.0509. The molecule has 5 nitrogen and oxygen atoms in total. The van der Waals surface area contributed by atoms with Crippen molar-refractivity contribution in [3.63, 3.8) is 0 Å². The molecule has 0 saturated heterocycles. The lowest BCUT2D eigenvalue weighted by molar-refractivity contribution is 0.0946. The standard InChI is InChI=1S/C17H14F2N4OS/c1-10-3-2-4-15(21-10)23-17-22-14(9-25-17)16(24)20-8-11-5-6-12(18)7-13(11)19/h2-7,9H,8H2,1H3,(H,20,24)(H,21,22,23). The third-order valence-corrected chi connectivity index (χ3v) is 4.07. The fourth-order valence-electron chi connectivity index (χ4n) is 2.09. The van der Waals surface area contributed by atoms with Crippen LogP contribution in [0.2, 0.25) is 0 Å². The number of pyridine rings is 1. The Morgan fingerprint density at radius 1 is 1.20 bits per heavy atom. The van der Waals surface area contributed by atoms with E-state index in [1.54, 1.807) is 11.4 Å². The number of hydrogen-bond acceptors (Lipinski definition) is 5. The number of aryl methyl sites for hydroxylation is 1. The summed E-state index contributed by atoms with van der Waals surface area (Å²) in [7, 11) is 0. The average Bonchev–Trinajstić information content (AvgIpc) is 3.02. The summed E-state index contributed by atoms with van der Waals surface area (Å²) < 4.78 is 26.4. The number of aromatic nitrogens is 2. The molecule has 0 spiro atoms. The first-order chi connectivity index (χ1) is 12.0. The molecule has 0 radical (unpaired) electrons. The maximum absolute atomic E-state index is 13.6. The second kappa shape index (κ2) is 7.35. The van der Waals surface area contributed by atoms with E-state index in [9.17, 15) is 13.6 Å². The quantitative estimate of drug-likeness (QED) is 0.726. The van der Waals surface area contributed by atoms with Crippen LogP contribution in [0.3, 0.4) is 0 Å². The molecule has 3 rings (SSSR count). The average molecular weight is 360 g/mol. The van der Waals surface area contributed by atoms with Gasteiger partial charge in [0.05, 0.1) is 0 Å². The molecule has 2 aromatic heterocycles. The highest BCUT2D eigenvalue weighted by atomic mass is 32.1. The first-order valence-electron chi connectivity index (χ1n) is 7.39. The third-order valence-electron chi connectivity index (χ3n) is 3.31. The van der Waals surface area contributed by atoms with Gasteiger partial charge in [0, 0.05) is 29.2 Å². The van der Waals surface area contributed by atoms with Gasteiger partial charge < -0.3 is 10.6 Å². The van der Waals surface area contributed by atoms with Gasteiger partial charge in [-0.3, -0.25) is 4.79 Å². The zero-order chi connectivity index (χ0) is 17.8. The molecule has 0 unspecified atom stereocenters. The van der Waals surface area contributed by atoms with E-state index in [0.717, 1.165) is 17.8 Å². The molecule has 0 aliphatic carbocycles. The number of halogens is 2. The zero-order valence-corrected chi connectivity index (χ0v) is 14.0. The van der Waals surface area contributed by atoms with Crippen LogP contribution < -0.4 is 10.6 Å². The minimum Gasteiger partial charge on any atom is -0.346 e. The first kappa shape index (κ1) is 17.0. The van der Waals surface area contributed by atoms with Gasteiger partial charge in [0.1, 0.15) is 23.1 Å². The third kappa shape index (κ3) is 4.36. The summed E-state index contributed by atoms with van der Waals surface area (Å²) in [6.07, 6.45) is 0. The van der Waals surface area contributed by atoms with Gasteiger partial charge >= 0.3 is 0 Å². The topological polar surface area (TPSA) is 66.9 Å². The number of hydrogen-bond donors (Lipinski definition) is 2. The lowest BCUT2D eigenvalue weighted by atomic mass is 10.2. The van der Waals surface area contributed by atoms with Gasteiger partial charge in [-0.25, -0.2) is 18.7 Å². The van der Waals surface area contributed by atoms with E-state index in [0.29, 0.717) is 10.9 Å². The normalized spacial score (nSPS) is 10.5. The van der Waals surface area contributed by atoms with Crippen molar-refractivity contribution < 1.29 is 13.6 Å². The van der Waals surface area contributed by atoms with Crippen LogP contribution in [0.5, 0.6) is 0 Å². The molecule has 0 atom stereocenters. The zero-order valence-electron chi connectivity index (χ0n) is 13.2. The number of carbonyl (C=O) groups is 1. The Bertz CT molecular complexity index is 913. The van der Waals surface area contributed by atoms with Crippen LogP contribution in [-0.4, -0.2) is 15.9 Å². The molecule has 0 saturated carbocycles. The molecule has 3 aromatic rings. The van der Waals surface area contributed by atoms with E-state index in [4.69, 9.17) is 0 Å². The van der Waals surface area contributed by atoms with Crippen LogP contribution in [0, 0.1) is 18.6 Å². The summed E-state index contributed by atoms with van der Waals surface area (Å²) in [5.74, 6) is -1.17. The molecule has 0 aliphatic rings. The Balaban J connectivity index is 1.62. The highest BCUT2D eigenvalue weighted by molar-refractivity contribution is 7.14. The molecule has 8 heteroatoms. The fourth-order valence-corrected chi connectivity index (χ4v) is 2.79. The Morgan fingerprint density at radius 3 is 2.80 bits per heavy atom. The molecule has 0 bridgehead atoms. The molecule has 2 heterocycles. The van der Waals surface area contributed by atoms with E-state index in [2.05, 4.69) is 20.6 Å². The second-order valence-electron chi connectivity index (χ2n) is 5.25. The number of benzene rings is 1. The van der Waals surface area contributed by atoms with E-state index in [1.165, 1.54) is 17.4 Å². The summed E-state index contributed by atoms with van der Waals surface area (Å²) in [5.41, 5.74) is 1.27. The van der Waals surface area contributed by atoms with E-state index in [-0.39, 0.29) is 17.8 Å². The molecule has 25 heavy (non-hydrogen) atoms. The van der Waals surface area contributed by atoms with Gasteiger partial charge in [0.15, 0.2) is 5.13 Å². The van der Waals surface area contributed by atoms with Crippen molar-refractivity contribution in [1.82, 2.24) is 15.3 Å². The summed E-state index contributed by atoms with van der Waals surface area (Å²) >= 11 is 1.26. The monoisotopic (exact) mass is 360 g/mol. The molecule has 2 N–H and O–H groups in total. The molecule has 0 aliphatic heterocycles. The minimum atomic E-state index is -0.702. The van der Waals surface area contributed by atoms with Crippen LogP contribution in [0.15, 0.2) is 41.8 Å². The SMILES string of the molecule is Cc1cccc(Nc2nc(C(=O)NCc3ccc(F)cc3F)cs2)n1. The number of rotatable bonds is 5. The number of nitrogens with zero attached hydrogens (tertiary/aromatic N) is 2. The fraction of sp³-hybridized carbons (Fsp3) is 0.118. The number of nitrogens with one attached hydrogen (secondary N) is 2. The Morgan fingerprint density at radius 2 is 2.04 bits per heavy atom. The van der Waals surface area contributed by atoms with E-state index >= 15 is 0 Å².